The first-order valence-corrected chi connectivity index (χ1v) is 13.4. The molecule has 4 amide bonds. The molecule has 1 aromatic heterocycles. The first-order chi connectivity index (χ1) is 14.1. The predicted octanol–water partition coefficient (Wildman–Crippen LogP) is 0.931. The summed E-state index contributed by atoms with van der Waals surface area (Å²) < 4.78 is 4.99. The fraction of sp³-hybridized carbons (Fsp3) is 0. The number of imide groups is 2. The molecule has 142 valence electrons. The number of benzene rings is 2. The molecule has 2 aliphatic heterocycles. The van der Waals surface area contributed by atoms with E-state index in [0.717, 1.165) is 3.58 Å². The van der Waals surface area contributed by atoms with Crippen LogP contribution in [0.4, 0.5) is 19.9 Å². The summed E-state index contributed by atoms with van der Waals surface area (Å²) in [4.78, 5) is 37.6. The number of anilines is 3. The Morgan fingerprint density at radius 3 is 1.97 bits per heavy atom. The molecule has 0 aliphatic carbocycles. The number of nitrogens with one attached hydrogen (secondary N) is 2. The second-order valence-corrected chi connectivity index (χ2v) is 12.6. The van der Waals surface area contributed by atoms with Gasteiger partial charge in [-0.3, -0.25) is 0 Å². The summed E-state index contributed by atoms with van der Waals surface area (Å²) in [5.41, 5.74) is 2.43. The molecule has 0 spiro atoms. The van der Waals surface area contributed by atoms with Gasteiger partial charge in [0.25, 0.3) is 0 Å². The van der Waals surface area contributed by atoms with Crippen LogP contribution in [-0.4, -0.2) is 59.2 Å². The topological polar surface area (TPSA) is 78.5 Å². The van der Waals surface area contributed by atoms with Crippen LogP contribution in [0.3, 0.4) is 0 Å². The van der Waals surface area contributed by atoms with Crippen molar-refractivity contribution in [2.24, 2.45) is 0 Å². The fourth-order valence-electron chi connectivity index (χ4n) is 3.23. The van der Waals surface area contributed by atoms with Crippen molar-refractivity contribution in [1.29, 1.82) is 0 Å². The molecule has 3 heterocycles. The van der Waals surface area contributed by atoms with Crippen LogP contribution in [0.1, 0.15) is 3.58 Å². The van der Waals surface area contributed by atoms with E-state index in [0.29, 0.717) is 0 Å². The van der Waals surface area contributed by atoms with Crippen LogP contribution in [0.5, 0.6) is 0 Å². The molecule has 6 nitrogen and oxygen atoms in total. The minimum atomic E-state index is -0.819. The van der Waals surface area contributed by atoms with Gasteiger partial charge in [-0.05, 0) is 0 Å². The van der Waals surface area contributed by atoms with Gasteiger partial charge in [-0.25, -0.2) is 0 Å². The minimum absolute atomic E-state index is 0.0259. The van der Waals surface area contributed by atoms with Crippen LogP contribution >= 0.6 is 0 Å². The maximum atomic E-state index is 12.0. The van der Waals surface area contributed by atoms with Crippen LogP contribution in [0, 0.1) is 0 Å². The molecule has 0 unspecified atom stereocenters. The van der Waals surface area contributed by atoms with Crippen LogP contribution in [0.2, 0.25) is 0 Å². The molecule has 5 rings (SSSR count). The van der Waals surface area contributed by atoms with E-state index in [1.165, 1.54) is 22.3 Å². The summed E-state index contributed by atoms with van der Waals surface area (Å²) in [5, 5.41) is 4.24. The molecule has 8 heteroatoms. The summed E-state index contributed by atoms with van der Waals surface area (Å²) in [7, 11) is 0. The van der Waals surface area contributed by atoms with Crippen LogP contribution < -0.4 is 22.8 Å². The number of amides is 4. The van der Waals surface area contributed by atoms with Crippen molar-refractivity contribution in [3.05, 3.63) is 69.8 Å². The summed E-state index contributed by atoms with van der Waals surface area (Å²) >= 11 is -1.26. The molecule has 0 atom stereocenters. The Labute approximate surface area is 186 Å². The van der Waals surface area contributed by atoms with E-state index < -0.39 is 59.2 Å². The molecule has 1 fully saturated rings. The van der Waals surface area contributed by atoms with Crippen LogP contribution in [0.15, 0.2) is 66.2 Å². The molecule has 2 aromatic carbocycles. The standard InChI is InChI=1S/C21H13N3O3Te2/c25-19-13(20(26)23-21(27)22-19)11-12-9-10-18(28-12)24-14-5-1-3-7-16(14)29-17-8-4-2-6-15(17)24/h1-11H,(H2,22,23,25,26,27). The van der Waals surface area contributed by atoms with Crippen molar-refractivity contribution >= 4 is 87.6 Å². The number of hydrogen-bond donors (Lipinski definition) is 2. The Hall–Kier alpha value is -2.35. The Kier molecular flexibility index (Phi) is 4.81. The average Bonchev–Trinajstić information content (AvgIpc) is 3.17. The number of nitrogens with zero attached hydrogens (tertiary/aromatic N) is 1. The molecule has 0 bridgehead atoms. The third-order valence-electron chi connectivity index (χ3n) is 4.50. The van der Waals surface area contributed by atoms with E-state index in [1.807, 2.05) is 6.07 Å². The van der Waals surface area contributed by atoms with Crippen molar-refractivity contribution in [2.75, 3.05) is 4.90 Å². The Bertz CT molecular complexity index is 1150. The van der Waals surface area contributed by atoms with Gasteiger partial charge < -0.3 is 0 Å². The van der Waals surface area contributed by atoms with Crippen LogP contribution in [0.25, 0.3) is 6.08 Å². The summed E-state index contributed by atoms with van der Waals surface area (Å²) in [5.74, 6) is -1.31. The molecular weight excluding hydrogens is 597 g/mol. The van der Waals surface area contributed by atoms with Gasteiger partial charge in [0, 0.05) is 0 Å². The second kappa shape index (κ2) is 7.48. The van der Waals surface area contributed by atoms with Gasteiger partial charge in [-0.1, -0.05) is 0 Å². The molecule has 2 N–H and O–H groups in total. The number of rotatable bonds is 2. The number of para-hydroxylation sites is 2. The molecular formula is C21H13N3O3Te2. The van der Waals surface area contributed by atoms with Gasteiger partial charge in [0.05, 0.1) is 0 Å². The molecule has 3 aromatic rings. The Morgan fingerprint density at radius 1 is 0.759 bits per heavy atom. The Morgan fingerprint density at radius 2 is 1.34 bits per heavy atom. The number of carbonyl (C=O) groups excluding carboxylic acids is 3. The van der Waals surface area contributed by atoms with Crippen molar-refractivity contribution in [2.45, 2.75) is 0 Å². The first kappa shape index (κ1) is 18.7. The normalized spacial score (nSPS) is 15.4. The number of barbiturate groups is 1. The van der Waals surface area contributed by atoms with Crippen molar-refractivity contribution in [3.63, 3.8) is 0 Å². The fourth-order valence-corrected chi connectivity index (χ4v) is 9.04. The van der Waals surface area contributed by atoms with Crippen molar-refractivity contribution in [3.8, 4) is 0 Å². The zero-order chi connectivity index (χ0) is 20.0. The van der Waals surface area contributed by atoms with E-state index >= 15 is 0 Å². The molecule has 1 saturated heterocycles. The number of hydrogen-bond acceptors (Lipinski definition) is 4. The van der Waals surface area contributed by atoms with E-state index in [1.54, 1.807) is 6.08 Å². The van der Waals surface area contributed by atoms with E-state index in [9.17, 15) is 14.4 Å². The van der Waals surface area contributed by atoms with Gasteiger partial charge in [0.1, 0.15) is 0 Å². The van der Waals surface area contributed by atoms with E-state index in [4.69, 9.17) is 0 Å². The van der Waals surface area contributed by atoms with Gasteiger partial charge in [0.15, 0.2) is 0 Å². The number of fused-ring (bicyclic) bond motifs is 2. The predicted molar refractivity (Wildman–Crippen MR) is 113 cm³/mol. The van der Waals surface area contributed by atoms with Crippen molar-refractivity contribution in [1.82, 2.24) is 10.6 Å². The SMILES string of the molecule is O=C1NC(=O)C(=Cc2ccc(N3c4ccccc4[Te]c4ccccc43)[te]2)C(=O)N1. The third-order valence-corrected chi connectivity index (χ3v) is 10.6. The number of urea groups is 1. The third kappa shape index (κ3) is 3.43. The summed E-state index contributed by atoms with van der Waals surface area (Å²) in [6, 6.07) is 20.3. The molecule has 0 saturated carbocycles. The second-order valence-electron chi connectivity index (χ2n) is 6.34. The summed E-state index contributed by atoms with van der Waals surface area (Å²) in [6.07, 6.45) is 1.61. The van der Waals surface area contributed by atoms with Gasteiger partial charge >= 0.3 is 187 Å². The van der Waals surface area contributed by atoms with Gasteiger partial charge in [0.2, 0.25) is 0 Å². The molecule has 29 heavy (non-hydrogen) atoms. The zero-order valence-electron chi connectivity index (χ0n) is 14.8. The average molecular weight is 611 g/mol. The molecule has 0 radical (unpaired) electrons. The van der Waals surface area contributed by atoms with Crippen molar-refractivity contribution < 1.29 is 14.4 Å². The zero-order valence-corrected chi connectivity index (χ0v) is 19.5. The quantitative estimate of drug-likeness (QED) is 0.201. The van der Waals surface area contributed by atoms with E-state index in [-0.39, 0.29) is 5.57 Å². The van der Waals surface area contributed by atoms with Gasteiger partial charge in [-0.15, -0.1) is 0 Å². The molecule has 2 aliphatic rings. The van der Waals surface area contributed by atoms with Crippen LogP contribution in [-0.2, 0) is 9.59 Å². The van der Waals surface area contributed by atoms with Gasteiger partial charge in [-0.2, -0.15) is 0 Å². The number of carbonyl (C=O) groups is 3. The van der Waals surface area contributed by atoms with E-state index in [2.05, 4.69) is 70.1 Å². The first-order valence-electron chi connectivity index (χ1n) is 8.74. The maximum absolute atomic E-state index is 12.0. The monoisotopic (exact) mass is 615 g/mol. The summed E-state index contributed by atoms with van der Waals surface area (Å²) in [6.45, 7) is 0. The Balaban J connectivity index is 1.56.